The Morgan fingerprint density at radius 1 is 1.16 bits per heavy atom. The first-order chi connectivity index (χ1) is 8.93. The fourth-order valence-electron chi connectivity index (χ4n) is 2.26. The molecule has 1 aromatic rings. The average molecular weight is 284 g/mol. The highest BCUT2D eigenvalue weighted by Crippen LogP contribution is 2.26. The van der Waals surface area contributed by atoms with Crippen LogP contribution in [0.4, 0.5) is 0 Å². The highest BCUT2D eigenvalue weighted by Gasteiger charge is 2.22. The van der Waals surface area contributed by atoms with Gasteiger partial charge in [0.2, 0.25) is 0 Å². The lowest BCUT2D eigenvalue weighted by atomic mass is 10.00. The van der Waals surface area contributed by atoms with Crippen molar-refractivity contribution in [2.24, 2.45) is 11.7 Å². The van der Waals surface area contributed by atoms with Gasteiger partial charge in [-0.15, -0.1) is 0 Å². The van der Waals surface area contributed by atoms with Crippen LogP contribution in [0.25, 0.3) is 0 Å². The molecule has 1 rings (SSSR count). The molecule has 0 aliphatic heterocycles. The van der Waals surface area contributed by atoms with E-state index in [2.05, 4.69) is 27.7 Å². The third kappa shape index (κ3) is 5.52. The quantitative estimate of drug-likeness (QED) is 0.795. The van der Waals surface area contributed by atoms with Crippen LogP contribution in [0.2, 0.25) is 5.02 Å². The summed E-state index contributed by atoms with van der Waals surface area (Å²) in [6.07, 6.45) is 2.08. The van der Waals surface area contributed by atoms with E-state index in [1.165, 1.54) is 0 Å². The maximum Gasteiger partial charge on any atom is 0.0979 e. The average Bonchev–Trinajstić information content (AvgIpc) is 2.35. The van der Waals surface area contributed by atoms with Crippen molar-refractivity contribution < 1.29 is 4.74 Å². The first kappa shape index (κ1) is 16.5. The molecule has 3 unspecified atom stereocenters. The smallest absolute Gasteiger partial charge is 0.0979 e. The third-order valence-electron chi connectivity index (χ3n) is 3.24. The van der Waals surface area contributed by atoms with Crippen molar-refractivity contribution in [3.63, 3.8) is 0 Å². The molecule has 108 valence electrons. The van der Waals surface area contributed by atoms with E-state index in [4.69, 9.17) is 22.1 Å². The highest BCUT2D eigenvalue weighted by atomic mass is 35.5. The normalized spacial score (nSPS) is 16.4. The van der Waals surface area contributed by atoms with E-state index in [1.54, 1.807) is 0 Å². The third-order valence-corrected chi connectivity index (χ3v) is 3.49. The maximum absolute atomic E-state index is 6.21. The lowest BCUT2D eigenvalue weighted by Crippen LogP contribution is -2.32. The van der Waals surface area contributed by atoms with Crippen LogP contribution in [-0.4, -0.2) is 12.1 Å². The van der Waals surface area contributed by atoms with Crippen molar-refractivity contribution in [2.75, 3.05) is 0 Å². The summed E-state index contributed by atoms with van der Waals surface area (Å²) in [6.45, 7) is 8.61. The fraction of sp³-hybridized carbons (Fsp3) is 0.625. The Balaban J connectivity index is 2.80. The molecule has 2 nitrogen and oxygen atoms in total. The summed E-state index contributed by atoms with van der Waals surface area (Å²) in [7, 11) is 0. The van der Waals surface area contributed by atoms with Gasteiger partial charge in [0.15, 0.2) is 0 Å². The van der Waals surface area contributed by atoms with E-state index >= 15 is 0 Å². The Labute approximate surface area is 122 Å². The van der Waals surface area contributed by atoms with Crippen LogP contribution >= 0.6 is 11.6 Å². The SMILES string of the molecule is CCC(N)C(OC(C)CC(C)C)c1ccc(Cl)cc1. The van der Waals surface area contributed by atoms with Gasteiger partial charge in [-0.2, -0.15) is 0 Å². The molecule has 0 aliphatic rings. The largest absolute Gasteiger partial charge is 0.369 e. The minimum atomic E-state index is -0.0592. The molecule has 0 amide bonds. The summed E-state index contributed by atoms with van der Waals surface area (Å²) in [4.78, 5) is 0. The Bertz CT molecular complexity index is 364. The van der Waals surface area contributed by atoms with E-state index < -0.39 is 0 Å². The van der Waals surface area contributed by atoms with Crippen LogP contribution in [0, 0.1) is 5.92 Å². The zero-order chi connectivity index (χ0) is 14.4. The minimum absolute atomic E-state index is 0.00999. The number of hydrogen-bond acceptors (Lipinski definition) is 2. The van der Waals surface area contributed by atoms with E-state index in [0.717, 1.165) is 23.4 Å². The van der Waals surface area contributed by atoms with Gasteiger partial charge in [-0.1, -0.05) is 44.5 Å². The number of benzene rings is 1. The first-order valence-electron chi connectivity index (χ1n) is 7.10. The molecule has 0 saturated heterocycles. The predicted molar refractivity (Wildman–Crippen MR) is 82.5 cm³/mol. The van der Waals surface area contributed by atoms with Gasteiger partial charge in [-0.25, -0.2) is 0 Å². The second-order valence-electron chi connectivity index (χ2n) is 5.62. The Morgan fingerprint density at radius 2 is 1.74 bits per heavy atom. The van der Waals surface area contributed by atoms with E-state index in [9.17, 15) is 0 Å². The summed E-state index contributed by atoms with van der Waals surface area (Å²) in [5, 5.41) is 0.739. The molecular formula is C16H26ClNO. The van der Waals surface area contributed by atoms with Crippen molar-refractivity contribution in [2.45, 2.75) is 58.8 Å². The van der Waals surface area contributed by atoms with Gasteiger partial charge < -0.3 is 10.5 Å². The number of nitrogens with two attached hydrogens (primary N) is 1. The van der Waals surface area contributed by atoms with Crippen LogP contribution in [0.1, 0.15) is 52.2 Å². The van der Waals surface area contributed by atoms with Gasteiger partial charge in [0, 0.05) is 11.1 Å². The molecule has 3 atom stereocenters. The molecule has 0 aliphatic carbocycles. The maximum atomic E-state index is 6.21. The van der Waals surface area contributed by atoms with Gasteiger partial charge in [0.05, 0.1) is 12.2 Å². The van der Waals surface area contributed by atoms with Crippen molar-refractivity contribution in [3.8, 4) is 0 Å². The van der Waals surface area contributed by atoms with Crippen LogP contribution < -0.4 is 5.73 Å². The predicted octanol–water partition coefficient (Wildman–Crippen LogP) is 4.57. The number of halogens is 1. The molecular weight excluding hydrogens is 258 g/mol. The molecule has 0 spiro atoms. The van der Waals surface area contributed by atoms with E-state index in [0.29, 0.717) is 5.92 Å². The van der Waals surface area contributed by atoms with Crippen molar-refractivity contribution >= 4 is 11.6 Å². The lowest BCUT2D eigenvalue weighted by molar-refractivity contribution is -0.0270. The van der Waals surface area contributed by atoms with Crippen molar-refractivity contribution in [1.82, 2.24) is 0 Å². The molecule has 0 bridgehead atoms. The van der Waals surface area contributed by atoms with Crippen molar-refractivity contribution in [1.29, 1.82) is 0 Å². The van der Waals surface area contributed by atoms with Crippen molar-refractivity contribution in [3.05, 3.63) is 34.9 Å². The molecule has 0 saturated carbocycles. The minimum Gasteiger partial charge on any atom is -0.369 e. The molecule has 0 radical (unpaired) electrons. The number of rotatable bonds is 7. The Kier molecular flexibility index (Phi) is 6.84. The van der Waals surface area contributed by atoms with E-state index in [-0.39, 0.29) is 18.2 Å². The Morgan fingerprint density at radius 3 is 2.21 bits per heavy atom. The zero-order valence-electron chi connectivity index (χ0n) is 12.4. The first-order valence-corrected chi connectivity index (χ1v) is 7.48. The summed E-state index contributed by atoms with van der Waals surface area (Å²) < 4.78 is 6.17. The second-order valence-corrected chi connectivity index (χ2v) is 6.06. The number of hydrogen-bond donors (Lipinski definition) is 1. The molecule has 2 N–H and O–H groups in total. The van der Waals surface area contributed by atoms with Gasteiger partial charge in [0.25, 0.3) is 0 Å². The van der Waals surface area contributed by atoms with Gasteiger partial charge in [-0.05, 0) is 43.4 Å². The number of ether oxygens (including phenoxy) is 1. The molecule has 0 fully saturated rings. The summed E-state index contributed by atoms with van der Waals surface area (Å²) >= 11 is 5.93. The molecule has 19 heavy (non-hydrogen) atoms. The van der Waals surface area contributed by atoms with Crippen LogP contribution in [0.5, 0.6) is 0 Å². The lowest BCUT2D eigenvalue weighted by Gasteiger charge is -2.28. The molecule has 0 aromatic heterocycles. The van der Waals surface area contributed by atoms with Gasteiger partial charge in [0.1, 0.15) is 0 Å². The summed E-state index contributed by atoms with van der Waals surface area (Å²) in [5.41, 5.74) is 7.31. The monoisotopic (exact) mass is 283 g/mol. The van der Waals surface area contributed by atoms with E-state index in [1.807, 2.05) is 24.3 Å². The summed E-state index contributed by atoms with van der Waals surface area (Å²) in [6, 6.07) is 7.80. The zero-order valence-corrected chi connectivity index (χ0v) is 13.2. The fourth-order valence-corrected chi connectivity index (χ4v) is 2.39. The topological polar surface area (TPSA) is 35.2 Å². The highest BCUT2D eigenvalue weighted by molar-refractivity contribution is 6.30. The standard InChI is InChI=1S/C16H26ClNO/c1-5-15(18)16(19-12(4)10-11(2)3)13-6-8-14(17)9-7-13/h6-9,11-12,15-16H,5,10,18H2,1-4H3. The molecule has 1 aromatic carbocycles. The summed E-state index contributed by atoms with van der Waals surface area (Å²) in [5.74, 6) is 0.624. The van der Waals surface area contributed by atoms with Crippen LogP contribution in [0.3, 0.4) is 0 Å². The van der Waals surface area contributed by atoms with Gasteiger partial charge >= 0.3 is 0 Å². The molecule has 3 heteroatoms. The van der Waals surface area contributed by atoms with Crippen LogP contribution in [-0.2, 0) is 4.74 Å². The molecule has 0 heterocycles. The second kappa shape index (κ2) is 7.88. The van der Waals surface area contributed by atoms with Gasteiger partial charge in [-0.3, -0.25) is 0 Å². The van der Waals surface area contributed by atoms with Crippen LogP contribution in [0.15, 0.2) is 24.3 Å². The Hall–Kier alpha value is -0.570.